The van der Waals surface area contributed by atoms with Gasteiger partial charge in [0.05, 0.1) is 23.6 Å². The lowest BCUT2D eigenvalue weighted by molar-refractivity contribution is -0.141. The summed E-state index contributed by atoms with van der Waals surface area (Å²) in [4.78, 5) is 16.3. The highest BCUT2D eigenvalue weighted by atomic mass is 32.2. The zero-order chi connectivity index (χ0) is 25.9. The van der Waals surface area contributed by atoms with E-state index in [4.69, 9.17) is 0 Å². The number of amides is 1. The van der Waals surface area contributed by atoms with Gasteiger partial charge >= 0.3 is 6.18 Å². The van der Waals surface area contributed by atoms with Crippen LogP contribution >= 0.6 is 0 Å². The van der Waals surface area contributed by atoms with E-state index in [-0.39, 0.29) is 23.3 Å². The maximum absolute atomic E-state index is 14.3. The number of pyridine rings is 1. The highest BCUT2D eigenvalue weighted by Crippen LogP contribution is 2.29. The van der Waals surface area contributed by atoms with E-state index < -0.39 is 39.5 Å². The highest BCUT2D eigenvalue weighted by molar-refractivity contribution is 7.92. The molecule has 0 spiro atoms. The first-order valence-corrected chi connectivity index (χ1v) is 12.2. The van der Waals surface area contributed by atoms with Crippen LogP contribution in [-0.4, -0.2) is 25.6 Å². The van der Waals surface area contributed by atoms with Gasteiger partial charge in [0, 0.05) is 6.54 Å². The van der Waals surface area contributed by atoms with Gasteiger partial charge in [0.2, 0.25) is 15.9 Å². The van der Waals surface area contributed by atoms with E-state index in [1.54, 1.807) is 6.08 Å². The largest absolute Gasteiger partial charge is 0.433 e. The summed E-state index contributed by atoms with van der Waals surface area (Å²) in [6.07, 6.45) is -0.512. The fraction of sp³-hybridized carbons (Fsp3) is 0.391. The van der Waals surface area contributed by atoms with E-state index >= 15 is 0 Å². The van der Waals surface area contributed by atoms with Crippen LogP contribution in [0.2, 0.25) is 0 Å². The summed E-state index contributed by atoms with van der Waals surface area (Å²) in [5.41, 5.74) is -0.819. The molecule has 0 saturated carbocycles. The topological polar surface area (TPSA) is 88.2 Å². The predicted octanol–water partition coefficient (Wildman–Crippen LogP) is 5.09. The van der Waals surface area contributed by atoms with Crippen molar-refractivity contribution in [2.24, 2.45) is 5.41 Å². The fourth-order valence-corrected chi connectivity index (χ4v) is 3.42. The number of carbonyl (C=O) groups excluding carboxylic acids is 1. The average molecular weight is 502 g/mol. The van der Waals surface area contributed by atoms with Crippen molar-refractivity contribution in [3.63, 3.8) is 0 Å². The van der Waals surface area contributed by atoms with Gasteiger partial charge < -0.3 is 5.32 Å². The van der Waals surface area contributed by atoms with Crippen LogP contribution in [0.15, 0.2) is 36.4 Å². The molecule has 2 rings (SSSR count). The van der Waals surface area contributed by atoms with E-state index in [1.165, 1.54) is 31.2 Å². The number of hydrogen-bond donors (Lipinski definition) is 2. The molecule has 0 aliphatic heterocycles. The molecule has 0 radical (unpaired) electrons. The minimum Gasteiger partial charge on any atom is -0.351 e. The second-order valence-electron chi connectivity index (χ2n) is 8.99. The number of carbonyl (C=O) groups is 1. The number of hydrogen-bond acceptors (Lipinski definition) is 4. The van der Waals surface area contributed by atoms with Crippen molar-refractivity contribution in [2.45, 2.75) is 46.3 Å². The van der Waals surface area contributed by atoms with Gasteiger partial charge in [-0.3, -0.25) is 9.52 Å². The molecule has 6 nitrogen and oxygen atoms in total. The Kier molecular flexibility index (Phi) is 8.13. The number of aromatic nitrogens is 1. The number of anilines is 1. The molecule has 11 heteroatoms. The molecule has 0 aliphatic carbocycles. The number of sulfonamides is 1. The van der Waals surface area contributed by atoms with E-state index in [9.17, 15) is 30.8 Å². The zero-order valence-electron chi connectivity index (χ0n) is 19.4. The third-order valence-electron chi connectivity index (χ3n) is 4.68. The molecule has 2 aromatic rings. The molecular weight excluding hydrogens is 474 g/mol. The molecule has 186 valence electrons. The van der Waals surface area contributed by atoms with Gasteiger partial charge in [-0.05, 0) is 47.7 Å². The van der Waals surface area contributed by atoms with Gasteiger partial charge in [-0.15, -0.1) is 0 Å². The van der Waals surface area contributed by atoms with Crippen LogP contribution in [0.1, 0.15) is 56.1 Å². The Morgan fingerprint density at radius 3 is 2.32 bits per heavy atom. The molecule has 1 aromatic heterocycles. The van der Waals surface area contributed by atoms with Gasteiger partial charge in [0.15, 0.2) is 0 Å². The SMILES string of the molecule is CC(C(=O)NCc1ccc(C(F)(F)F)nc1C=CC(C)(C)C)c1ccc(NS(C)(=O)=O)c(F)c1. The highest BCUT2D eigenvalue weighted by Gasteiger charge is 2.33. The molecular formula is C23H27F4N3O3S. The molecule has 1 unspecified atom stereocenters. The second-order valence-corrected chi connectivity index (χ2v) is 10.7. The van der Waals surface area contributed by atoms with Gasteiger partial charge in [-0.1, -0.05) is 39.0 Å². The predicted molar refractivity (Wildman–Crippen MR) is 123 cm³/mol. The van der Waals surface area contributed by atoms with E-state index in [1.807, 2.05) is 25.5 Å². The number of nitrogens with zero attached hydrogens (tertiary/aromatic N) is 1. The summed E-state index contributed by atoms with van der Waals surface area (Å²) in [5, 5.41) is 2.64. The average Bonchev–Trinajstić information content (AvgIpc) is 2.69. The third kappa shape index (κ3) is 8.12. The zero-order valence-corrected chi connectivity index (χ0v) is 20.2. The Morgan fingerprint density at radius 2 is 1.79 bits per heavy atom. The number of rotatable bonds is 7. The van der Waals surface area contributed by atoms with Gasteiger partial charge in [-0.25, -0.2) is 17.8 Å². The number of allylic oxidation sites excluding steroid dienone is 1. The Bertz CT molecular complexity index is 1190. The maximum atomic E-state index is 14.3. The van der Waals surface area contributed by atoms with E-state index in [2.05, 4.69) is 10.3 Å². The maximum Gasteiger partial charge on any atom is 0.433 e. The quantitative estimate of drug-likeness (QED) is 0.518. The van der Waals surface area contributed by atoms with Crippen LogP contribution in [-0.2, 0) is 27.5 Å². The Morgan fingerprint density at radius 1 is 1.15 bits per heavy atom. The lowest BCUT2D eigenvalue weighted by Crippen LogP contribution is -2.28. The molecule has 0 fully saturated rings. The van der Waals surface area contributed by atoms with E-state index in [0.717, 1.165) is 18.4 Å². The number of nitrogens with one attached hydrogen (secondary N) is 2. The van der Waals surface area contributed by atoms with Crippen molar-refractivity contribution >= 4 is 27.7 Å². The van der Waals surface area contributed by atoms with Crippen LogP contribution in [0.25, 0.3) is 6.08 Å². The summed E-state index contributed by atoms with van der Waals surface area (Å²) in [7, 11) is -3.67. The van der Waals surface area contributed by atoms with Gasteiger partial charge in [0.25, 0.3) is 0 Å². The monoisotopic (exact) mass is 501 g/mol. The van der Waals surface area contributed by atoms with Crippen molar-refractivity contribution in [1.82, 2.24) is 10.3 Å². The number of benzene rings is 1. The van der Waals surface area contributed by atoms with Crippen LogP contribution in [0.4, 0.5) is 23.2 Å². The third-order valence-corrected chi connectivity index (χ3v) is 5.27. The first kappa shape index (κ1) is 27.3. The van der Waals surface area contributed by atoms with Crippen molar-refractivity contribution in [3.05, 3.63) is 64.7 Å². The Labute approximate surface area is 196 Å². The smallest absolute Gasteiger partial charge is 0.351 e. The Hall–Kier alpha value is -2.95. The van der Waals surface area contributed by atoms with Gasteiger partial charge in [-0.2, -0.15) is 13.2 Å². The van der Waals surface area contributed by atoms with Crippen molar-refractivity contribution in [3.8, 4) is 0 Å². The molecule has 1 amide bonds. The molecule has 34 heavy (non-hydrogen) atoms. The molecule has 0 aliphatic rings. The normalized spacial score (nSPS) is 13.7. The summed E-state index contributed by atoms with van der Waals surface area (Å²) in [5.74, 6) is -2.14. The summed E-state index contributed by atoms with van der Waals surface area (Å²) < 4.78 is 78.2. The summed E-state index contributed by atoms with van der Waals surface area (Å²) in [6.45, 7) is 7.09. The minimum absolute atomic E-state index is 0.0833. The number of halogens is 4. The molecule has 1 atom stereocenters. The van der Waals surface area contributed by atoms with Gasteiger partial charge in [0.1, 0.15) is 11.5 Å². The van der Waals surface area contributed by atoms with E-state index in [0.29, 0.717) is 11.1 Å². The molecule has 0 saturated heterocycles. The van der Waals surface area contributed by atoms with Crippen molar-refractivity contribution in [1.29, 1.82) is 0 Å². The minimum atomic E-state index is -4.61. The van der Waals surface area contributed by atoms with Crippen LogP contribution in [0.3, 0.4) is 0 Å². The summed E-state index contributed by atoms with van der Waals surface area (Å²) in [6, 6.07) is 5.79. The number of alkyl halides is 3. The van der Waals surface area contributed by atoms with Crippen molar-refractivity contribution in [2.75, 3.05) is 11.0 Å². The van der Waals surface area contributed by atoms with Crippen LogP contribution in [0, 0.1) is 11.2 Å². The molecule has 1 heterocycles. The van der Waals surface area contributed by atoms with Crippen LogP contribution < -0.4 is 10.0 Å². The second kappa shape index (κ2) is 10.1. The Balaban J connectivity index is 2.21. The standard InChI is InChI=1S/C23H27F4N3O3S/c1-14(15-6-8-19(17(24)12-15)30-34(5,32)33)21(31)28-13-16-7-9-20(23(25,26)27)29-18(16)10-11-22(2,3)4/h6-12,14,30H,13H2,1-5H3,(H,28,31). The first-order chi connectivity index (χ1) is 15.5. The fourth-order valence-electron chi connectivity index (χ4n) is 2.85. The molecule has 2 N–H and O–H groups in total. The molecule has 0 bridgehead atoms. The van der Waals surface area contributed by atoms with Crippen LogP contribution in [0.5, 0.6) is 0 Å². The lowest BCUT2D eigenvalue weighted by Gasteiger charge is -2.16. The summed E-state index contributed by atoms with van der Waals surface area (Å²) >= 11 is 0. The lowest BCUT2D eigenvalue weighted by atomic mass is 9.95. The first-order valence-electron chi connectivity index (χ1n) is 10.3. The van der Waals surface area contributed by atoms with Crippen molar-refractivity contribution < 1.29 is 30.8 Å². The molecule has 1 aromatic carbocycles.